The highest BCUT2D eigenvalue weighted by molar-refractivity contribution is 6.82. The van der Waals surface area contributed by atoms with E-state index in [9.17, 15) is 0 Å². The summed E-state index contributed by atoms with van der Waals surface area (Å²) in [5.74, 6) is 0. The molecule has 0 aliphatic heterocycles. The molecule has 3 heteroatoms. The Bertz CT molecular complexity index is 2300. The van der Waals surface area contributed by atoms with Crippen molar-refractivity contribution >= 4 is 29.9 Å². The van der Waals surface area contributed by atoms with Crippen molar-refractivity contribution in [1.82, 2.24) is 9.13 Å². The predicted molar refractivity (Wildman–Crippen MR) is 199 cm³/mol. The Morgan fingerprint density at radius 2 is 0.766 bits per heavy atom. The molecule has 224 valence electrons. The summed E-state index contributed by atoms with van der Waals surface area (Å²) in [6.07, 6.45) is 0. The first-order chi connectivity index (χ1) is 23.1. The first kappa shape index (κ1) is 26.8. The third kappa shape index (κ3) is 3.55. The molecule has 2 unspecified atom stereocenters. The summed E-state index contributed by atoms with van der Waals surface area (Å²) < 4.78 is 5.19. The Labute approximate surface area is 276 Å². The summed E-state index contributed by atoms with van der Waals surface area (Å²) in [5, 5.41) is 2.69. The number of para-hydroxylation sites is 4. The number of hydrogen-bond donors (Lipinski definition) is 0. The van der Waals surface area contributed by atoms with Crippen LogP contribution in [0.3, 0.4) is 0 Å². The second kappa shape index (κ2) is 9.81. The van der Waals surface area contributed by atoms with Gasteiger partial charge in [0.25, 0.3) is 0 Å². The van der Waals surface area contributed by atoms with Gasteiger partial charge in [-0.05, 0) is 58.7 Å². The largest absolute Gasteiger partial charge is 0.313 e. The molecular weight excluding hydrogens is 585 g/mol. The van der Waals surface area contributed by atoms with Gasteiger partial charge in [0.1, 0.15) is 0 Å². The normalized spacial score (nSPS) is 16.3. The van der Waals surface area contributed by atoms with E-state index in [2.05, 4.69) is 180 Å². The minimum atomic E-state index is -2.34. The fourth-order valence-electron chi connectivity index (χ4n) is 9.26. The van der Waals surface area contributed by atoms with Crippen LogP contribution >= 0.6 is 0 Å². The van der Waals surface area contributed by atoms with Gasteiger partial charge in [0, 0.05) is 55.7 Å². The molecule has 2 atom stereocenters. The molecule has 0 spiro atoms. The van der Waals surface area contributed by atoms with Crippen LogP contribution in [-0.4, -0.2) is 17.2 Å². The van der Waals surface area contributed by atoms with Crippen LogP contribution in [0.15, 0.2) is 158 Å². The maximum Gasteiger partial charge on any atom is 0.0769 e. The smallest absolute Gasteiger partial charge is 0.0769 e. The molecule has 0 saturated heterocycles. The van der Waals surface area contributed by atoms with E-state index in [1.807, 2.05) is 0 Å². The van der Waals surface area contributed by atoms with Crippen LogP contribution in [0.5, 0.6) is 0 Å². The summed E-state index contributed by atoms with van der Waals surface area (Å²) in [6, 6.07) is 58.7. The molecule has 0 saturated carbocycles. The van der Waals surface area contributed by atoms with Gasteiger partial charge in [-0.3, -0.25) is 0 Å². The summed E-state index contributed by atoms with van der Waals surface area (Å²) >= 11 is 0. The van der Waals surface area contributed by atoms with Gasteiger partial charge in [0.05, 0.1) is 19.1 Å². The van der Waals surface area contributed by atoms with E-state index in [-0.39, 0.29) is 11.1 Å². The van der Waals surface area contributed by atoms with Gasteiger partial charge in [0.15, 0.2) is 0 Å². The average molecular weight is 619 g/mol. The molecule has 2 heterocycles. The van der Waals surface area contributed by atoms with Crippen LogP contribution in [0.4, 0.5) is 0 Å². The molecule has 0 amide bonds. The van der Waals surface area contributed by atoms with Gasteiger partial charge in [0.2, 0.25) is 0 Å². The zero-order chi connectivity index (χ0) is 31.3. The number of benzene rings is 6. The highest BCUT2D eigenvalue weighted by Crippen LogP contribution is 2.61. The van der Waals surface area contributed by atoms with Crippen molar-refractivity contribution < 1.29 is 0 Å². The van der Waals surface area contributed by atoms with Gasteiger partial charge in [-0.1, -0.05) is 134 Å². The fraction of sp³-hybridized carbons (Fsp3) is 0.0909. The quantitative estimate of drug-likeness (QED) is 0.174. The molecule has 2 nitrogen and oxygen atoms in total. The zero-order valence-electron chi connectivity index (χ0n) is 26.6. The van der Waals surface area contributed by atoms with Crippen molar-refractivity contribution in [3.05, 3.63) is 180 Å². The number of aromatic nitrogens is 2. The highest BCUT2D eigenvalue weighted by Gasteiger charge is 2.53. The van der Waals surface area contributed by atoms with Gasteiger partial charge < -0.3 is 9.13 Å². The standard InChI is InChI=1S/C44H34N2Si/c1-47(2,43-33-23-11-9-21-31(33)39-35-25-13-15-27-37(35)45(41(39)43)29-17-5-3-6-18-29)44-34-24-12-10-22-32(34)40-36-26-14-16-28-38(36)46(42(40)44)30-19-7-4-8-20-30/h3-28,43-44H,1-2H3. The minimum Gasteiger partial charge on any atom is -0.313 e. The van der Waals surface area contributed by atoms with E-state index in [1.54, 1.807) is 0 Å². The third-order valence-corrected chi connectivity index (χ3v) is 15.1. The Balaban J connectivity index is 1.31. The number of nitrogens with zero attached hydrogens (tertiary/aromatic N) is 2. The summed E-state index contributed by atoms with van der Waals surface area (Å²) in [6.45, 7) is 5.33. The summed E-state index contributed by atoms with van der Waals surface area (Å²) in [4.78, 5) is 0. The lowest BCUT2D eigenvalue weighted by Gasteiger charge is -2.39. The van der Waals surface area contributed by atoms with Crippen LogP contribution in [0.2, 0.25) is 13.1 Å². The second-order valence-corrected chi connectivity index (χ2v) is 18.6. The molecule has 2 aromatic heterocycles. The van der Waals surface area contributed by atoms with Crippen LogP contribution in [0.25, 0.3) is 55.4 Å². The molecule has 8 aromatic rings. The first-order valence-corrected chi connectivity index (χ1v) is 19.9. The maximum absolute atomic E-state index is 2.67. The Morgan fingerprint density at radius 1 is 0.404 bits per heavy atom. The van der Waals surface area contributed by atoms with E-state index < -0.39 is 8.07 Å². The molecule has 0 bridgehead atoms. The van der Waals surface area contributed by atoms with Crippen LogP contribution in [0, 0.1) is 0 Å². The van der Waals surface area contributed by atoms with Crippen LogP contribution in [-0.2, 0) is 0 Å². The van der Waals surface area contributed by atoms with Crippen molar-refractivity contribution in [2.24, 2.45) is 0 Å². The first-order valence-electron chi connectivity index (χ1n) is 16.7. The van der Waals surface area contributed by atoms with Crippen molar-refractivity contribution in [3.63, 3.8) is 0 Å². The van der Waals surface area contributed by atoms with E-state index in [1.165, 1.54) is 77.9 Å². The molecule has 0 fully saturated rings. The van der Waals surface area contributed by atoms with Crippen molar-refractivity contribution in [2.45, 2.75) is 24.2 Å². The van der Waals surface area contributed by atoms with E-state index >= 15 is 0 Å². The van der Waals surface area contributed by atoms with E-state index in [0.717, 1.165) is 0 Å². The monoisotopic (exact) mass is 618 g/mol. The van der Waals surface area contributed by atoms with E-state index in [4.69, 9.17) is 0 Å². The highest BCUT2D eigenvalue weighted by atomic mass is 28.3. The van der Waals surface area contributed by atoms with E-state index in [0.29, 0.717) is 0 Å². The molecule has 0 N–H and O–H groups in total. The number of rotatable bonds is 4. The topological polar surface area (TPSA) is 9.86 Å². The lowest BCUT2D eigenvalue weighted by atomic mass is 10.0. The minimum absolute atomic E-state index is 0.285. The van der Waals surface area contributed by atoms with Crippen molar-refractivity contribution in [3.8, 4) is 33.6 Å². The molecule has 47 heavy (non-hydrogen) atoms. The lowest BCUT2D eigenvalue weighted by Crippen LogP contribution is -2.43. The predicted octanol–water partition coefficient (Wildman–Crippen LogP) is 11.3. The number of fused-ring (bicyclic) bond motifs is 10. The number of hydrogen-bond acceptors (Lipinski definition) is 0. The molecule has 6 aromatic carbocycles. The van der Waals surface area contributed by atoms with Crippen molar-refractivity contribution in [1.29, 1.82) is 0 Å². The van der Waals surface area contributed by atoms with Gasteiger partial charge in [-0.15, -0.1) is 0 Å². The van der Waals surface area contributed by atoms with Crippen LogP contribution in [0.1, 0.15) is 33.6 Å². The Hall–Kier alpha value is -5.38. The maximum atomic E-state index is 2.67. The molecule has 0 radical (unpaired) electrons. The molecular formula is C44H34N2Si. The van der Waals surface area contributed by atoms with Gasteiger partial charge in [-0.25, -0.2) is 0 Å². The molecule has 2 aliphatic rings. The Morgan fingerprint density at radius 3 is 1.21 bits per heavy atom. The second-order valence-electron chi connectivity index (χ2n) is 13.8. The molecule has 10 rings (SSSR count). The third-order valence-electron chi connectivity index (χ3n) is 11.0. The van der Waals surface area contributed by atoms with Gasteiger partial charge in [-0.2, -0.15) is 0 Å². The molecule has 2 aliphatic carbocycles. The van der Waals surface area contributed by atoms with Crippen molar-refractivity contribution in [2.75, 3.05) is 0 Å². The lowest BCUT2D eigenvalue weighted by molar-refractivity contribution is 0.894. The van der Waals surface area contributed by atoms with Crippen LogP contribution < -0.4 is 0 Å². The average Bonchev–Trinajstić information content (AvgIpc) is 3.83. The zero-order valence-corrected chi connectivity index (χ0v) is 27.6. The van der Waals surface area contributed by atoms with Gasteiger partial charge >= 0.3 is 0 Å². The summed E-state index contributed by atoms with van der Waals surface area (Å²) in [7, 11) is -2.34. The fourth-order valence-corrected chi connectivity index (χ4v) is 13.7. The SMILES string of the molecule is C[Si](C)(C1c2ccccc2-c2c1n(-c1ccccc1)c1ccccc21)C1c2ccccc2-c2c1n(-c1ccccc1)c1ccccc21. The summed E-state index contributed by atoms with van der Waals surface area (Å²) in [5.41, 5.74) is 17.1. The Kier molecular flexibility index (Phi) is 5.59.